The largest absolute Gasteiger partial charge is 0.416 e. The Morgan fingerprint density at radius 1 is 0.394 bits per heavy atom. The van der Waals surface area contributed by atoms with E-state index in [1.165, 1.54) is 0 Å². The maximum Gasteiger partial charge on any atom is 0.416 e. The maximum atomic E-state index is 13.8. The van der Waals surface area contributed by atoms with Gasteiger partial charge in [0.15, 0.2) is 0 Å². The number of para-hydroxylation sites is 3. The first kappa shape index (κ1) is 47.8. The molecule has 4 aromatic rings. The van der Waals surface area contributed by atoms with Crippen molar-refractivity contribution in [3.63, 3.8) is 0 Å². The summed E-state index contributed by atoms with van der Waals surface area (Å²) in [6, 6.07) is 27.0. The van der Waals surface area contributed by atoms with Gasteiger partial charge in [-0.15, -0.1) is 0 Å². The van der Waals surface area contributed by atoms with Gasteiger partial charge < -0.3 is 30.2 Å². The summed E-state index contributed by atoms with van der Waals surface area (Å²) in [7, 11) is 0. The van der Waals surface area contributed by atoms with Gasteiger partial charge in [-0.1, -0.05) is 54.6 Å². The minimum Gasteiger partial charge on any atom is -0.410 e. The second-order valence-corrected chi connectivity index (χ2v) is 22.0. The number of nitrogens with zero attached hydrogens (tertiary/aromatic N) is 6. The molecule has 15 heteroatoms. The van der Waals surface area contributed by atoms with Crippen LogP contribution < -0.4 is 30.2 Å². The van der Waals surface area contributed by atoms with Gasteiger partial charge in [-0.05, 0) is 158 Å². The Labute approximate surface area is 390 Å². The number of hydrogen-bond acceptors (Lipinski definition) is 12. The molecule has 0 bridgehead atoms. The average Bonchev–Trinajstić information content (AvgIpc) is 3.16. The number of anilines is 3. The number of likely N-dealkylation sites (tertiary alicyclic amines) is 3. The number of aromatic nitrogens is 3. The molecule has 0 radical (unpaired) electrons. The summed E-state index contributed by atoms with van der Waals surface area (Å²) in [6.07, 6.45) is 2.37. The number of ether oxygens (including phenoxy) is 3. The fraction of sp³-hybridized carbons (Fsp3) is 0.529. The number of hydrogen-bond donors (Lipinski definition) is 3. The van der Waals surface area contributed by atoms with E-state index in [2.05, 4.69) is 99.0 Å². The standard InChI is InChI=1S/C51H69N9O6/c1-46(2)28-34(29-47(3,4)58(46)43(61)64-37-22-16-13-17-23-37)52-40-55-41(53-35-30-48(5,6)59(49(7,8)31-35)44(62)65-38-24-18-14-19-25-38)57-42(56-40)54-36-32-50(9,10)60(51(11,12)33-36)45(63)66-39-26-20-15-21-27-39/h13-27,34-36H,28-33H2,1-12H3,(H3,52,53,54,55,56,57). The molecule has 4 heterocycles. The first-order valence-electron chi connectivity index (χ1n) is 23.1. The molecule has 3 amide bonds. The Bertz CT molecular complexity index is 2030. The van der Waals surface area contributed by atoms with E-state index in [0.29, 0.717) is 73.6 Å². The van der Waals surface area contributed by atoms with Crippen LogP contribution in [0.3, 0.4) is 0 Å². The first-order valence-corrected chi connectivity index (χ1v) is 23.1. The van der Waals surface area contributed by atoms with Crippen molar-refractivity contribution in [2.45, 2.75) is 173 Å². The SMILES string of the molecule is CC1(C)CC(Nc2nc(NC3CC(C)(C)N(C(=O)Oc4ccccc4)C(C)(C)C3)nc(NC3CC(C)(C)N(C(=O)Oc4ccccc4)C(C)(C)C3)n2)CC(C)(C)N1C(=O)Oc1ccccc1. The molecule has 354 valence electrons. The van der Waals surface area contributed by atoms with E-state index >= 15 is 0 Å². The highest BCUT2D eigenvalue weighted by Gasteiger charge is 2.52. The van der Waals surface area contributed by atoms with Crippen molar-refractivity contribution in [1.29, 1.82) is 0 Å². The molecular formula is C51H69N9O6. The zero-order chi connectivity index (χ0) is 47.9. The number of benzene rings is 3. The molecule has 0 spiro atoms. The third kappa shape index (κ3) is 10.8. The molecule has 3 N–H and O–H groups in total. The quantitative estimate of drug-likeness (QED) is 0.146. The van der Waals surface area contributed by atoms with Crippen molar-refractivity contribution >= 4 is 36.1 Å². The number of nitrogens with one attached hydrogen (secondary N) is 3. The highest BCUT2D eigenvalue weighted by Crippen LogP contribution is 2.43. The Kier molecular flexibility index (Phi) is 13.0. The van der Waals surface area contributed by atoms with Crippen LogP contribution in [0.4, 0.5) is 32.2 Å². The Hall–Kier alpha value is -6.12. The number of piperidine rings is 3. The summed E-state index contributed by atoms with van der Waals surface area (Å²) in [5, 5.41) is 11.0. The number of carbonyl (C=O) groups excluding carboxylic acids is 3. The van der Waals surface area contributed by atoms with E-state index in [9.17, 15) is 14.4 Å². The van der Waals surface area contributed by atoms with E-state index < -0.39 is 51.5 Å². The third-order valence-electron chi connectivity index (χ3n) is 13.1. The second kappa shape index (κ2) is 17.9. The summed E-state index contributed by atoms with van der Waals surface area (Å²) < 4.78 is 17.6. The van der Waals surface area contributed by atoms with Crippen molar-refractivity contribution in [2.24, 2.45) is 0 Å². The average molecular weight is 904 g/mol. The van der Waals surface area contributed by atoms with Crippen molar-refractivity contribution in [3.8, 4) is 17.2 Å². The van der Waals surface area contributed by atoms with Crippen LogP contribution in [0.5, 0.6) is 17.2 Å². The monoisotopic (exact) mass is 904 g/mol. The number of amides is 3. The molecule has 0 saturated carbocycles. The highest BCUT2D eigenvalue weighted by atomic mass is 16.6. The van der Waals surface area contributed by atoms with Gasteiger partial charge >= 0.3 is 18.3 Å². The molecule has 3 aromatic carbocycles. The van der Waals surface area contributed by atoms with Gasteiger partial charge in [-0.25, -0.2) is 14.4 Å². The zero-order valence-electron chi connectivity index (χ0n) is 40.8. The van der Waals surface area contributed by atoms with Crippen LogP contribution in [0.25, 0.3) is 0 Å². The molecule has 15 nitrogen and oxygen atoms in total. The van der Waals surface area contributed by atoms with Crippen molar-refractivity contribution in [2.75, 3.05) is 16.0 Å². The molecular weight excluding hydrogens is 835 g/mol. The van der Waals surface area contributed by atoms with Crippen LogP contribution in [-0.2, 0) is 0 Å². The van der Waals surface area contributed by atoms with Gasteiger partial charge in [0.2, 0.25) is 17.8 Å². The molecule has 3 aliphatic heterocycles. The van der Waals surface area contributed by atoms with Gasteiger partial charge in [0.1, 0.15) is 17.2 Å². The normalized spacial score (nSPS) is 21.0. The van der Waals surface area contributed by atoms with Crippen LogP contribution in [0.1, 0.15) is 122 Å². The summed E-state index contributed by atoms with van der Waals surface area (Å²) in [5.74, 6) is 2.64. The van der Waals surface area contributed by atoms with Crippen molar-refractivity contribution in [1.82, 2.24) is 29.7 Å². The molecule has 0 aliphatic carbocycles. The lowest BCUT2D eigenvalue weighted by molar-refractivity contribution is -0.0121. The number of carbonyl (C=O) groups is 3. The molecule has 3 saturated heterocycles. The zero-order valence-corrected chi connectivity index (χ0v) is 40.8. The molecule has 1 aromatic heterocycles. The fourth-order valence-electron chi connectivity index (χ4n) is 11.7. The summed E-state index contributed by atoms with van der Waals surface area (Å²) >= 11 is 0. The minimum absolute atomic E-state index is 0.118. The third-order valence-corrected chi connectivity index (χ3v) is 13.1. The maximum absolute atomic E-state index is 13.8. The molecule has 0 atom stereocenters. The summed E-state index contributed by atoms with van der Waals surface area (Å²) in [5.41, 5.74) is -3.58. The van der Waals surface area contributed by atoms with Crippen LogP contribution in [0.2, 0.25) is 0 Å². The highest BCUT2D eigenvalue weighted by molar-refractivity contribution is 5.74. The minimum atomic E-state index is -0.597. The fourth-order valence-corrected chi connectivity index (χ4v) is 11.7. The molecule has 3 fully saturated rings. The molecule has 66 heavy (non-hydrogen) atoms. The smallest absolute Gasteiger partial charge is 0.410 e. The predicted molar refractivity (Wildman–Crippen MR) is 257 cm³/mol. The molecule has 3 aliphatic rings. The lowest BCUT2D eigenvalue weighted by atomic mass is 9.77. The van der Waals surface area contributed by atoms with Gasteiger partial charge in [-0.2, -0.15) is 15.0 Å². The van der Waals surface area contributed by atoms with Crippen LogP contribution >= 0.6 is 0 Å². The van der Waals surface area contributed by atoms with E-state index in [-0.39, 0.29) is 18.1 Å². The lowest BCUT2D eigenvalue weighted by Crippen LogP contribution is -2.65. The van der Waals surface area contributed by atoms with Crippen LogP contribution in [-0.4, -0.2) is 99.3 Å². The topological polar surface area (TPSA) is 163 Å². The second-order valence-electron chi connectivity index (χ2n) is 22.0. The van der Waals surface area contributed by atoms with E-state index in [0.717, 1.165) is 0 Å². The van der Waals surface area contributed by atoms with Crippen LogP contribution in [0, 0.1) is 0 Å². The van der Waals surface area contributed by atoms with Gasteiger partial charge in [0, 0.05) is 51.4 Å². The van der Waals surface area contributed by atoms with Crippen molar-refractivity contribution < 1.29 is 28.6 Å². The Morgan fingerprint density at radius 2 is 0.591 bits per heavy atom. The first-order chi connectivity index (χ1) is 30.8. The van der Waals surface area contributed by atoms with Gasteiger partial charge in [0.05, 0.1) is 0 Å². The Balaban J connectivity index is 1.14. The Morgan fingerprint density at radius 3 is 0.788 bits per heavy atom. The summed E-state index contributed by atoms with van der Waals surface area (Å²) in [4.78, 5) is 61.8. The molecule has 0 unspecified atom stereocenters. The van der Waals surface area contributed by atoms with E-state index in [4.69, 9.17) is 29.2 Å². The van der Waals surface area contributed by atoms with E-state index in [1.807, 2.05) is 69.3 Å². The molecule has 7 rings (SSSR count). The summed E-state index contributed by atoms with van der Waals surface area (Å²) in [6.45, 7) is 24.7. The predicted octanol–water partition coefficient (Wildman–Crippen LogP) is 10.8. The van der Waals surface area contributed by atoms with Crippen LogP contribution in [0.15, 0.2) is 91.0 Å². The lowest BCUT2D eigenvalue weighted by Gasteiger charge is -2.54. The van der Waals surface area contributed by atoms with Gasteiger partial charge in [0.25, 0.3) is 0 Å². The number of rotatable bonds is 9. The van der Waals surface area contributed by atoms with E-state index in [1.54, 1.807) is 36.4 Å². The van der Waals surface area contributed by atoms with Crippen molar-refractivity contribution in [3.05, 3.63) is 91.0 Å². The van der Waals surface area contributed by atoms with Gasteiger partial charge in [-0.3, -0.25) is 14.7 Å².